The fourth-order valence-electron chi connectivity index (χ4n) is 2.76. The average molecular weight is 302 g/mol. The number of aryl methyl sites for hydroxylation is 1. The second kappa shape index (κ2) is 6.35. The van der Waals surface area contributed by atoms with Crippen molar-refractivity contribution in [3.63, 3.8) is 0 Å². The third kappa shape index (κ3) is 3.56. The van der Waals surface area contributed by atoms with Gasteiger partial charge in [0.05, 0.1) is 0 Å². The molecule has 0 aliphatic heterocycles. The quantitative estimate of drug-likeness (QED) is 0.847. The summed E-state index contributed by atoms with van der Waals surface area (Å²) in [6, 6.07) is 0. The second-order valence-electron chi connectivity index (χ2n) is 5.21. The Morgan fingerprint density at radius 3 is 2.74 bits per heavy atom. The van der Waals surface area contributed by atoms with Gasteiger partial charge in [-0.2, -0.15) is 0 Å². The van der Waals surface area contributed by atoms with Crippen LogP contribution in [0.25, 0.3) is 0 Å². The number of thiophene rings is 1. The van der Waals surface area contributed by atoms with Gasteiger partial charge in [0.2, 0.25) is 10.0 Å². The largest absolute Gasteiger partial charge is 0.326 e. The van der Waals surface area contributed by atoms with Crippen molar-refractivity contribution in [2.75, 3.05) is 6.54 Å². The van der Waals surface area contributed by atoms with E-state index in [1.54, 1.807) is 0 Å². The van der Waals surface area contributed by atoms with Gasteiger partial charge in [-0.1, -0.05) is 25.7 Å². The molecule has 108 valence electrons. The minimum absolute atomic E-state index is 0.275. The fraction of sp³-hybridized carbons (Fsp3) is 0.692. The van der Waals surface area contributed by atoms with Crippen LogP contribution in [-0.4, -0.2) is 15.0 Å². The summed E-state index contributed by atoms with van der Waals surface area (Å²) in [5.41, 5.74) is 6.40. The van der Waals surface area contributed by atoms with Crippen LogP contribution in [0.3, 0.4) is 0 Å². The molecule has 0 aromatic carbocycles. The van der Waals surface area contributed by atoms with E-state index in [1.165, 1.54) is 37.0 Å². The molecule has 1 aliphatic rings. The van der Waals surface area contributed by atoms with Crippen molar-refractivity contribution < 1.29 is 8.42 Å². The van der Waals surface area contributed by atoms with Gasteiger partial charge in [0.15, 0.2) is 0 Å². The van der Waals surface area contributed by atoms with E-state index in [2.05, 4.69) is 4.72 Å². The summed E-state index contributed by atoms with van der Waals surface area (Å²) in [6.45, 7) is 2.63. The van der Waals surface area contributed by atoms with Crippen molar-refractivity contribution in [2.24, 2.45) is 11.7 Å². The minimum Gasteiger partial charge on any atom is -0.326 e. The van der Waals surface area contributed by atoms with Crippen LogP contribution in [0, 0.1) is 12.8 Å². The first-order chi connectivity index (χ1) is 9.04. The van der Waals surface area contributed by atoms with E-state index in [9.17, 15) is 8.42 Å². The molecule has 1 saturated carbocycles. The lowest BCUT2D eigenvalue weighted by Gasteiger charge is -2.11. The van der Waals surface area contributed by atoms with Crippen molar-refractivity contribution in [1.29, 1.82) is 0 Å². The van der Waals surface area contributed by atoms with Crippen molar-refractivity contribution >= 4 is 21.4 Å². The maximum Gasteiger partial charge on any atom is 0.241 e. The molecular formula is C13H22N2O2S2. The summed E-state index contributed by atoms with van der Waals surface area (Å²) in [7, 11) is -3.40. The van der Waals surface area contributed by atoms with Crippen LogP contribution in [-0.2, 0) is 16.6 Å². The number of hydrogen-bond acceptors (Lipinski definition) is 4. The van der Waals surface area contributed by atoms with E-state index in [4.69, 9.17) is 5.73 Å². The Morgan fingerprint density at radius 2 is 2.11 bits per heavy atom. The molecule has 2 rings (SSSR count). The number of nitrogens with two attached hydrogens (primary N) is 1. The average Bonchev–Trinajstić information content (AvgIpc) is 2.98. The van der Waals surface area contributed by atoms with Crippen molar-refractivity contribution in [3.05, 3.63) is 15.8 Å². The molecule has 0 atom stereocenters. The molecule has 3 N–H and O–H groups in total. The first kappa shape index (κ1) is 15.0. The van der Waals surface area contributed by atoms with Crippen LogP contribution in [0.5, 0.6) is 0 Å². The first-order valence-electron chi connectivity index (χ1n) is 6.81. The van der Waals surface area contributed by atoms with Crippen LogP contribution in [0.4, 0.5) is 0 Å². The Hall–Kier alpha value is -0.430. The fourth-order valence-corrected chi connectivity index (χ4v) is 5.50. The number of sulfonamides is 1. The number of hydrogen-bond donors (Lipinski definition) is 2. The molecule has 1 heterocycles. The maximum absolute atomic E-state index is 12.3. The van der Waals surface area contributed by atoms with Gasteiger partial charge in [-0.15, -0.1) is 11.3 Å². The summed E-state index contributed by atoms with van der Waals surface area (Å²) < 4.78 is 27.3. The lowest BCUT2D eigenvalue weighted by atomic mass is 10.1. The van der Waals surface area contributed by atoms with Crippen LogP contribution < -0.4 is 10.5 Å². The topological polar surface area (TPSA) is 72.2 Å². The molecule has 0 saturated heterocycles. The highest BCUT2D eigenvalue weighted by Gasteiger charge is 2.23. The predicted molar refractivity (Wildman–Crippen MR) is 78.7 cm³/mol. The summed E-state index contributed by atoms with van der Waals surface area (Å²) in [5, 5.41) is 1.85. The molecule has 0 bridgehead atoms. The van der Waals surface area contributed by atoms with Crippen molar-refractivity contribution in [1.82, 2.24) is 4.72 Å². The third-order valence-electron chi connectivity index (χ3n) is 3.76. The lowest BCUT2D eigenvalue weighted by Crippen LogP contribution is -2.27. The normalized spacial score (nSPS) is 17.2. The second-order valence-corrected chi connectivity index (χ2v) is 7.88. The van der Waals surface area contributed by atoms with E-state index >= 15 is 0 Å². The zero-order valence-electron chi connectivity index (χ0n) is 11.3. The van der Waals surface area contributed by atoms with Gasteiger partial charge >= 0.3 is 0 Å². The van der Waals surface area contributed by atoms with Crippen molar-refractivity contribution in [3.8, 4) is 0 Å². The molecule has 1 aromatic rings. The Balaban J connectivity index is 1.99. The van der Waals surface area contributed by atoms with Gasteiger partial charge < -0.3 is 5.73 Å². The molecule has 0 unspecified atom stereocenters. The van der Waals surface area contributed by atoms with Crippen molar-refractivity contribution in [2.45, 2.75) is 50.5 Å². The zero-order chi connectivity index (χ0) is 13.9. The highest BCUT2D eigenvalue weighted by atomic mass is 32.2. The van der Waals surface area contributed by atoms with Crippen LogP contribution in [0.2, 0.25) is 0 Å². The highest BCUT2D eigenvalue weighted by Crippen LogP contribution is 2.28. The molecule has 0 radical (unpaired) electrons. The minimum atomic E-state index is -3.40. The van der Waals surface area contributed by atoms with Gasteiger partial charge in [0.25, 0.3) is 0 Å². The first-order valence-corrected chi connectivity index (χ1v) is 9.17. The lowest BCUT2D eigenvalue weighted by molar-refractivity contribution is 0.495. The summed E-state index contributed by atoms with van der Waals surface area (Å²) in [5.74, 6) is 0.695. The SMILES string of the molecule is Cc1csc(CN)c1S(=O)(=O)NCCC1CCCC1. The molecule has 4 nitrogen and oxygen atoms in total. The zero-order valence-corrected chi connectivity index (χ0v) is 12.9. The van der Waals surface area contributed by atoms with E-state index in [0.29, 0.717) is 17.4 Å². The van der Waals surface area contributed by atoms with Gasteiger partial charge in [-0.25, -0.2) is 13.1 Å². The number of rotatable bonds is 6. The van der Waals surface area contributed by atoms with Gasteiger partial charge in [-0.3, -0.25) is 0 Å². The Morgan fingerprint density at radius 1 is 1.42 bits per heavy atom. The van der Waals surface area contributed by atoms with Gasteiger partial charge in [0.1, 0.15) is 4.90 Å². The summed E-state index contributed by atoms with van der Waals surface area (Å²) >= 11 is 1.42. The molecule has 0 amide bonds. The Labute approximate surface area is 119 Å². The predicted octanol–water partition coefficient (Wildman–Crippen LogP) is 2.37. The monoisotopic (exact) mass is 302 g/mol. The molecule has 19 heavy (non-hydrogen) atoms. The highest BCUT2D eigenvalue weighted by molar-refractivity contribution is 7.89. The summed E-state index contributed by atoms with van der Waals surface area (Å²) in [4.78, 5) is 1.14. The Kier molecular flexibility index (Phi) is 5.00. The van der Waals surface area contributed by atoms with E-state index in [0.717, 1.165) is 16.9 Å². The summed E-state index contributed by atoms with van der Waals surface area (Å²) in [6.07, 6.45) is 6.01. The smallest absolute Gasteiger partial charge is 0.241 e. The van der Waals surface area contributed by atoms with E-state index < -0.39 is 10.0 Å². The molecule has 0 spiro atoms. The van der Waals surface area contributed by atoms with Crippen LogP contribution >= 0.6 is 11.3 Å². The van der Waals surface area contributed by atoms with Crippen LogP contribution in [0.1, 0.15) is 42.5 Å². The molecule has 1 aliphatic carbocycles. The third-order valence-corrected chi connectivity index (χ3v) is 6.71. The van der Waals surface area contributed by atoms with E-state index in [-0.39, 0.29) is 6.54 Å². The van der Waals surface area contributed by atoms with Gasteiger partial charge in [-0.05, 0) is 30.2 Å². The molecule has 1 fully saturated rings. The maximum atomic E-state index is 12.3. The Bertz CT molecular complexity index is 517. The standard InChI is InChI=1S/C13H22N2O2S2/c1-10-9-18-12(8-14)13(10)19(16,17)15-7-6-11-4-2-3-5-11/h9,11,15H,2-8,14H2,1H3. The number of nitrogens with one attached hydrogen (secondary N) is 1. The van der Waals surface area contributed by atoms with Crippen LogP contribution in [0.15, 0.2) is 10.3 Å². The molecule has 6 heteroatoms. The molecule has 1 aromatic heterocycles. The molecular weight excluding hydrogens is 280 g/mol. The van der Waals surface area contributed by atoms with E-state index in [1.807, 2.05) is 12.3 Å². The van der Waals surface area contributed by atoms with Gasteiger partial charge in [0, 0.05) is 18.0 Å².